The first kappa shape index (κ1) is 18.0. The highest BCUT2D eigenvalue weighted by atomic mass is 19.1. The van der Waals surface area contributed by atoms with E-state index in [0.29, 0.717) is 6.04 Å². The second kappa shape index (κ2) is 7.67. The second-order valence-corrected chi connectivity index (χ2v) is 7.71. The van der Waals surface area contributed by atoms with Gasteiger partial charge in [-0.2, -0.15) is 0 Å². The van der Waals surface area contributed by atoms with Gasteiger partial charge in [-0.3, -0.25) is 0 Å². The number of benzene rings is 2. The van der Waals surface area contributed by atoms with Crippen molar-refractivity contribution in [2.24, 2.45) is 0 Å². The van der Waals surface area contributed by atoms with E-state index in [1.807, 2.05) is 18.2 Å². The van der Waals surface area contributed by atoms with E-state index in [1.54, 1.807) is 12.1 Å². The normalized spacial score (nSPS) is 16.4. The number of pyridine rings is 1. The Morgan fingerprint density at radius 3 is 2.48 bits per heavy atom. The van der Waals surface area contributed by atoms with Gasteiger partial charge in [-0.1, -0.05) is 55.7 Å². The minimum Gasteiger partial charge on any atom is -0.347 e. The Kier molecular flexibility index (Phi) is 5.11. The molecule has 1 saturated carbocycles. The van der Waals surface area contributed by atoms with Crippen molar-refractivity contribution < 1.29 is 4.39 Å². The minimum absolute atomic E-state index is 0.0534. The number of rotatable bonds is 4. The van der Waals surface area contributed by atoms with Crippen molar-refractivity contribution in [1.82, 2.24) is 4.98 Å². The Morgan fingerprint density at radius 1 is 1.00 bits per heavy atom. The first-order chi connectivity index (χ1) is 13.1. The zero-order valence-electron chi connectivity index (χ0n) is 16.2. The summed E-state index contributed by atoms with van der Waals surface area (Å²) in [5.41, 5.74) is 2.97. The Labute approximate surface area is 161 Å². The molecule has 0 spiro atoms. The molecule has 4 rings (SSSR count). The topological polar surface area (TPSA) is 16.1 Å². The molecule has 1 heterocycles. The van der Waals surface area contributed by atoms with Crippen LogP contribution in [0.2, 0.25) is 0 Å². The number of para-hydroxylation sites is 1. The standard InChI is InChI=1S/C24H27FN2/c1-17-16-24(26-23-15-9-7-12-20(17)23)27(19-10-4-3-5-11-19)18(2)21-13-6-8-14-22(21)25/h6-9,12-16,18-19H,3-5,10-11H2,1-2H3/t18-/m1/s1. The molecule has 2 nitrogen and oxygen atoms in total. The molecule has 140 valence electrons. The van der Waals surface area contributed by atoms with Gasteiger partial charge in [-0.25, -0.2) is 9.37 Å². The fourth-order valence-electron chi connectivity index (χ4n) is 4.49. The van der Waals surface area contributed by atoms with Crippen LogP contribution in [0.5, 0.6) is 0 Å². The molecule has 0 saturated heterocycles. The molecule has 1 aliphatic rings. The van der Waals surface area contributed by atoms with Gasteiger partial charge in [0.05, 0.1) is 11.6 Å². The quantitative estimate of drug-likeness (QED) is 0.521. The molecule has 3 heteroatoms. The van der Waals surface area contributed by atoms with Crippen molar-refractivity contribution in [1.29, 1.82) is 0 Å². The van der Waals surface area contributed by atoms with Gasteiger partial charge in [0, 0.05) is 17.0 Å². The summed E-state index contributed by atoms with van der Waals surface area (Å²) in [5, 5.41) is 1.18. The average molecular weight is 362 g/mol. The second-order valence-electron chi connectivity index (χ2n) is 7.71. The first-order valence-corrected chi connectivity index (χ1v) is 10.0. The van der Waals surface area contributed by atoms with E-state index in [-0.39, 0.29) is 11.9 Å². The van der Waals surface area contributed by atoms with Gasteiger partial charge >= 0.3 is 0 Å². The minimum atomic E-state index is -0.136. The molecule has 2 aromatic carbocycles. The summed E-state index contributed by atoms with van der Waals surface area (Å²) >= 11 is 0. The average Bonchev–Trinajstić information content (AvgIpc) is 2.69. The van der Waals surface area contributed by atoms with Crippen molar-refractivity contribution in [3.8, 4) is 0 Å². The van der Waals surface area contributed by atoms with Gasteiger partial charge in [0.1, 0.15) is 11.6 Å². The molecular weight excluding hydrogens is 335 g/mol. The molecule has 3 aromatic rings. The number of aromatic nitrogens is 1. The Hall–Kier alpha value is -2.42. The predicted octanol–water partition coefficient (Wildman–Crippen LogP) is 6.58. The summed E-state index contributed by atoms with van der Waals surface area (Å²) in [7, 11) is 0. The van der Waals surface area contributed by atoms with Crippen LogP contribution in [0.3, 0.4) is 0 Å². The van der Waals surface area contributed by atoms with Crippen molar-refractivity contribution in [2.45, 2.75) is 58.0 Å². The lowest BCUT2D eigenvalue weighted by atomic mass is 9.92. The van der Waals surface area contributed by atoms with Crippen molar-refractivity contribution >= 4 is 16.7 Å². The summed E-state index contributed by atoms with van der Waals surface area (Å²) in [4.78, 5) is 7.36. The van der Waals surface area contributed by atoms with Crippen molar-refractivity contribution in [3.05, 3.63) is 71.5 Å². The SMILES string of the molecule is Cc1cc(N(C2CCCCC2)[C@H](C)c2ccccc2F)nc2ccccc12. The van der Waals surface area contributed by atoms with E-state index in [9.17, 15) is 4.39 Å². The third-order valence-electron chi connectivity index (χ3n) is 5.91. The fourth-order valence-corrected chi connectivity index (χ4v) is 4.49. The van der Waals surface area contributed by atoms with Crippen LogP contribution in [-0.2, 0) is 0 Å². The van der Waals surface area contributed by atoms with Crippen LogP contribution in [-0.4, -0.2) is 11.0 Å². The van der Waals surface area contributed by atoms with Crippen molar-refractivity contribution in [3.63, 3.8) is 0 Å². The summed E-state index contributed by atoms with van der Waals surface area (Å²) in [6.45, 7) is 4.25. The zero-order valence-corrected chi connectivity index (χ0v) is 16.2. The molecule has 0 radical (unpaired) electrons. The molecule has 0 amide bonds. The summed E-state index contributed by atoms with van der Waals surface area (Å²) < 4.78 is 14.6. The van der Waals surface area contributed by atoms with E-state index < -0.39 is 0 Å². The van der Waals surface area contributed by atoms with E-state index in [1.165, 1.54) is 30.2 Å². The highest BCUT2D eigenvalue weighted by molar-refractivity contribution is 5.84. The number of hydrogen-bond donors (Lipinski definition) is 0. The Bertz CT molecular complexity index is 931. The monoisotopic (exact) mass is 362 g/mol. The van der Waals surface area contributed by atoms with E-state index in [2.05, 4.69) is 43.0 Å². The molecule has 1 atom stereocenters. The smallest absolute Gasteiger partial charge is 0.130 e. The fraction of sp³-hybridized carbons (Fsp3) is 0.375. The lowest BCUT2D eigenvalue weighted by molar-refractivity contribution is 0.389. The number of fused-ring (bicyclic) bond motifs is 1. The summed E-state index contributed by atoms with van der Waals surface area (Å²) in [6, 6.07) is 17.9. The van der Waals surface area contributed by atoms with Crippen LogP contribution < -0.4 is 4.90 Å². The lowest BCUT2D eigenvalue weighted by Gasteiger charge is -2.40. The van der Waals surface area contributed by atoms with Crippen LogP contribution in [0.1, 0.15) is 56.2 Å². The highest BCUT2D eigenvalue weighted by Crippen LogP contribution is 2.36. The van der Waals surface area contributed by atoms with Crippen LogP contribution in [0.25, 0.3) is 10.9 Å². The number of anilines is 1. The van der Waals surface area contributed by atoms with Gasteiger partial charge in [0.2, 0.25) is 0 Å². The van der Waals surface area contributed by atoms with Gasteiger partial charge in [-0.05, 0) is 50.5 Å². The lowest BCUT2D eigenvalue weighted by Crippen LogP contribution is -2.39. The number of nitrogens with zero attached hydrogens (tertiary/aromatic N) is 2. The molecule has 27 heavy (non-hydrogen) atoms. The first-order valence-electron chi connectivity index (χ1n) is 10.0. The molecule has 0 unspecified atom stereocenters. The molecule has 1 aliphatic carbocycles. The van der Waals surface area contributed by atoms with Crippen LogP contribution in [0.4, 0.5) is 10.2 Å². The number of aryl methyl sites for hydroxylation is 1. The molecule has 0 N–H and O–H groups in total. The molecule has 1 fully saturated rings. The number of hydrogen-bond acceptors (Lipinski definition) is 2. The maximum absolute atomic E-state index is 14.6. The highest BCUT2D eigenvalue weighted by Gasteiger charge is 2.29. The Morgan fingerprint density at radius 2 is 1.70 bits per heavy atom. The van der Waals surface area contributed by atoms with Crippen molar-refractivity contribution in [2.75, 3.05) is 4.90 Å². The van der Waals surface area contributed by atoms with Crippen LogP contribution in [0.15, 0.2) is 54.6 Å². The summed E-state index contributed by atoms with van der Waals surface area (Å²) in [6.07, 6.45) is 6.05. The van der Waals surface area contributed by atoms with Gasteiger partial charge in [0.25, 0.3) is 0 Å². The number of halogens is 1. The van der Waals surface area contributed by atoms with Crippen LogP contribution >= 0.6 is 0 Å². The van der Waals surface area contributed by atoms with Gasteiger partial charge in [-0.15, -0.1) is 0 Å². The third kappa shape index (κ3) is 3.55. The molecule has 0 aliphatic heterocycles. The van der Waals surface area contributed by atoms with Gasteiger partial charge < -0.3 is 4.90 Å². The van der Waals surface area contributed by atoms with E-state index >= 15 is 0 Å². The maximum atomic E-state index is 14.6. The maximum Gasteiger partial charge on any atom is 0.130 e. The predicted molar refractivity (Wildman–Crippen MR) is 111 cm³/mol. The van der Waals surface area contributed by atoms with E-state index in [4.69, 9.17) is 4.98 Å². The third-order valence-corrected chi connectivity index (χ3v) is 5.91. The van der Waals surface area contributed by atoms with Gasteiger partial charge in [0.15, 0.2) is 0 Å². The van der Waals surface area contributed by atoms with E-state index in [0.717, 1.165) is 29.7 Å². The largest absolute Gasteiger partial charge is 0.347 e. The zero-order chi connectivity index (χ0) is 18.8. The molecular formula is C24H27FN2. The Balaban J connectivity index is 1.82. The summed E-state index contributed by atoms with van der Waals surface area (Å²) in [5.74, 6) is 0.831. The molecule has 1 aromatic heterocycles. The molecule has 0 bridgehead atoms. The van der Waals surface area contributed by atoms with Crippen LogP contribution in [0, 0.1) is 12.7 Å².